The molecule has 0 bridgehead atoms. The van der Waals surface area contributed by atoms with Crippen molar-refractivity contribution in [3.8, 4) is 0 Å². The zero-order valence-electron chi connectivity index (χ0n) is 4.22. The van der Waals surface area contributed by atoms with Crippen molar-refractivity contribution >= 4 is 17.0 Å². The van der Waals surface area contributed by atoms with Crippen molar-refractivity contribution in [3.63, 3.8) is 0 Å². The molecular formula is C4H10BrNO2. The molecule has 0 fully saturated rings. The molecule has 0 spiro atoms. The lowest BCUT2D eigenvalue weighted by atomic mass is 10.7. The Kier molecular flexibility index (Phi) is 19.2. The Hall–Kier alpha value is -0.320. The second kappa shape index (κ2) is 9.84. The summed E-state index contributed by atoms with van der Waals surface area (Å²) in [5.41, 5.74) is 0. The van der Waals surface area contributed by atoms with Crippen LogP contribution in [-0.2, 0) is 0 Å². The van der Waals surface area contributed by atoms with Gasteiger partial charge >= 0.3 is 0 Å². The molecule has 0 atom stereocenters. The van der Waals surface area contributed by atoms with Crippen molar-refractivity contribution in [1.82, 2.24) is 4.98 Å². The first-order valence-corrected chi connectivity index (χ1v) is 1.58. The van der Waals surface area contributed by atoms with E-state index in [1.807, 2.05) is 24.5 Å². The van der Waals surface area contributed by atoms with Crippen LogP contribution in [0.25, 0.3) is 0 Å². The summed E-state index contributed by atoms with van der Waals surface area (Å²) in [6, 6.07) is 3.89. The van der Waals surface area contributed by atoms with Crippen LogP contribution in [0.3, 0.4) is 0 Å². The number of hydrogen-bond acceptors (Lipinski definition) is 0. The highest BCUT2D eigenvalue weighted by Gasteiger charge is 1.55. The standard InChI is InChI=1S/C4H5N.BrH.2H2O/c1-2-4-5-3-1;;;/h1-5H;1H;2*1H2. The highest BCUT2D eigenvalue weighted by Crippen LogP contribution is 1.72. The summed E-state index contributed by atoms with van der Waals surface area (Å²) in [5.74, 6) is 0. The summed E-state index contributed by atoms with van der Waals surface area (Å²) >= 11 is 0. The van der Waals surface area contributed by atoms with Gasteiger partial charge in [0, 0.05) is 12.4 Å². The molecule has 0 unspecified atom stereocenters. The van der Waals surface area contributed by atoms with Crippen LogP contribution in [0.2, 0.25) is 0 Å². The fourth-order valence-electron chi connectivity index (χ4n) is 0.278. The van der Waals surface area contributed by atoms with Gasteiger partial charge in [-0.2, -0.15) is 0 Å². The SMILES string of the molecule is Br.O.O.c1cc[nH]c1. The van der Waals surface area contributed by atoms with Crippen molar-refractivity contribution in [2.75, 3.05) is 0 Å². The number of aromatic amines is 1. The Labute approximate surface area is 58.1 Å². The second-order valence-electron chi connectivity index (χ2n) is 0.885. The van der Waals surface area contributed by atoms with Gasteiger partial charge < -0.3 is 15.9 Å². The smallest absolute Gasteiger partial charge is 0.000496 e. The zero-order chi connectivity index (χ0) is 3.54. The summed E-state index contributed by atoms with van der Waals surface area (Å²) in [4.78, 5) is 2.86. The molecule has 0 aliphatic rings. The minimum absolute atomic E-state index is 0. The Morgan fingerprint density at radius 1 is 0.875 bits per heavy atom. The fourth-order valence-corrected chi connectivity index (χ4v) is 0.278. The van der Waals surface area contributed by atoms with Gasteiger partial charge in [-0.1, -0.05) is 0 Å². The summed E-state index contributed by atoms with van der Waals surface area (Å²) in [7, 11) is 0. The maximum absolute atomic E-state index is 2.86. The molecule has 0 saturated carbocycles. The van der Waals surface area contributed by atoms with Crippen LogP contribution in [-0.4, -0.2) is 15.9 Å². The number of halogens is 1. The molecule has 1 heterocycles. The van der Waals surface area contributed by atoms with E-state index in [1.54, 1.807) is 0 Å². The van der Waals surface area contributed by atoms with E-state index in [0.717, 1.165) is 0 Å². The Balaban J connectivity index is -0.0000000833. The Bertz CT molecular complexity index is 70.5. The molecule has 0 aromatic carbocycles. The van der Waals surface area contributed by atoms with Gasteiger partial charge in [0.05, 0.1) is 0 Å². The van der Waals surface area contributed by atoms with E-state index in [9.17, 15) is 0 Å². The molecule has 1 aromatic heterocycles. The van der Waals surface area contributed by atoms with E-state index >= 15 is 0 Å². The first kappa shape index (κ1) is 15.6. The average molecular weight is 184 g/mol. The van der Waals surface area contributed by atoms with Gasteiger partial charge in [0.25, 0.3) is 0 Å². The molecular weight excluding hydrogens is 174 g/mol. The van der Waals surface area contributed by atoms with Crippen molar-refractivity contribution < 1.29 is 11.0 Å². The predicted molar refractivity (Wildman–Crippen MR) is 38.3 cm³/mol. The molecule has 1 aromatic rings. The van der Waals surface area contributed by atoms with Crippen molar-refractivity contribution in [2.45, 2.75) is 0 Å². The first-order chi connectivity index (χ1) is 2.50. The van der Waals surface area contributed by atoms with Gasteiger partial charge in [-0.25, -0.2) is 0 Å². The summed E-state index contributed by atoms with van der Waals surface area (Å²) in [6.45, 7) is 0. The van der Waals surface area contributed by atoms with E-state index in [0.29, 0.717) is 0 Å². The lowest BCUT2D eigenvalue weighted by Gasteiger charge is -1.49. The molecule has 1 rings (SSSR count). The third-order valence-electron chi connectivity index (χ3n) is 0.496. The van der Waals surface area contributed by atoms with E-state index in [-0.39, 0.29) is 27.9 Å². The van der Waals surface area contributed by atoms with Crippen LogP contribution in [0.1, 0.15) is 0 Å². The molecule has 0 amide bonds. The number of rotatable bonds is 0. The number of aromatic nitrogens is 1. The van der Waals surface area contributed by atoms with Crippen LogP contribution in [0, 0.1) is 0 Å². The zero-order valence-corrected chi connectivity index (χ0v) is 5.93. The first-order valence-electron chi connectivity index (χ1n) is 1.58. The fraction of sp³-hybridized carbons (Fsp3) is 0. The molecule has 4 heteroatoms. The van der Waals surface area contributed by atoms with Gasteiger partial charge in [-0.15, -0.1) is 17.0 Å². The van der Waals surface area contributed by atoms with Crippen molar-refractivity contribution in [2.24, 2.45) is 0 Å². The lowest BCUT2D eigenvalue weighted by Crippen LogP contribution is -1.38. The summed E-state index contributed by atoms with van der Waals surface area (Å²) in [5, 5.41) is 0. The Morgan fingerprint density at radius 2 is 1.25 bits per heavy atom. The lowest BCUT2D eigenvalue weighted by molar-refractivity contribution is 0.823. The molecule has 5 N–H and O–H groups in total. The molecule has 50 valence electrons. The van der Waals surface area contributed by atoms with Gasteiger partial charge in [-0.3, -0.25) is 0 Å². The molecule has 0 aliphatic carbocycles. The molecule has 0 saturated heterocycles. The molecule has 8 heavy (non-hydrogen) atoms. The highest BCUT2D eigenvalue weighted by molar-refractivity contribution is 8.93. The largest absolute Gasteiger partial charge is 0.412 e. The van der Waals surface area contributed by atoms with E-state index in [4.69, 9.17) is 0 Å². The predicted octanol–water partition coefficient (Wildman–Crippen LogP) is -0.0568. The van der Waals surface area contributed by atoms with E-state index in [1.165, 1.54) is 0 Å². The highest BCUT2D eigenvalue weighted by atomic mass is 79.9. The van der Waals surface area contributed by atoms with Gasteiger partial charge in [-0.05, 0) is 12.1 Å². The van der Waals surface area contributed by atoms with Crippen LogP contribution >= 0.6 is 17.0 Å². The number of nitrogens with one attached hydrogen (secondary N) is 1. The van der Waals surface area contributed by atoms with Crippen LogP contribution in [0.4, 0.5) is 0 Å². The maximum atomic E-state index is 2.86. The number of hydrogen-bond donors (Lipinski definition) is 1. The Morgan fingerprint density at radius 3 is 1.38 bits per heavy atom. The molecule has 0 radical (unpaired) electrons. The minimum atomic E-state index is 0. The maximum Gasteiger partial charge on any atom is 0.000496 e. The van der Waals surface area contributed by atoms with Crippen LogP contribution < -0.4 is 0 Å². The number of H-pyrrole nitrogens is 1. The minimum Gasteiger partial charge on any atom is -0.412 e. The quantitative estimate of drug-likeness (QED) is 0.586. The third kappa shape index (κ3) is 5.68. The molecule has 0 aliphatic heterocycles. The topological polar surface area (TPSA) is 78.8 Å². The van der Waals surface area contributed by atoms with Gasteiger partial charge in [0.2, 0.25) is 0 Å². The summed E-state index contributed by atoms with van der Waals surface area (Å²) in [6.07, 6.45) is 3.75. The van der Waals surface area contributed by atoms with Crippen molar-refractivity contribution in [1.29, 1.82) is 0 Å². The third-order valence-corrected chi connectivity index (χ3v) is 0.496. The van der Waals surface area contributed by atoms with Crippen LogP contribution in [0.15, 0.2) is 24.5 Å². The van der Waals surface area contributed by atoms with E-state index < -0.39 is 0 Å². The normalized spacial score (nSPS) is 5.00. The van der Waals surface area contributed by atoms with Crippen LogP contribution in [0.5, 0.6) is 0 Å². The summed E-state index contributed by atoms with van der Waals surface area (Å²) < 4.78 is 0. The molecule has 3 nitrogen and oxygen atoms in total. The van der Waals surface area contributed by atoms with E-state index in [2.05, 4.69) is 4.98 Å². The van der Waals surface area contributed by atoms with Gasteiger partial charge in [0.15, 0.2) is 0 Å². The second-order valence-corrected chi connectivity index (χ2v) is 0.885. The monoisotopic (exact) mass is 183 g/mol. The average Bonchev–Trinajstić information content (AvgIpc) is 1.76. The van der Waals surface area contributed by atoms with Crippen molar-refractivity contribution in [3.05, 3.63) is 24.5 Å². The van der Waals surface area contributed by atoms with Gasteiger partial charge in [0.1, 0.15) is 0 Å².